The molecule has 0 atom stereocenters. The lowest BCUT2D eigenvalue weighted by Crippen LogP contribution is -2.30. The monoisotopic (exact) mass is 270 g/mol. The van der Waals surface area contributed by atoms with Crippen LogP contribution in [0.15, 0.2) is 30.6 Å². The molecule has 0 saturated heterocycles. The highest BCUT2D eigenvalue weighted by molar-refractivity contribution is 5.95. The summed E-state index contributed by atoms with van der Waals surface area (Å²) in [6.45, 7) is 2.05. The van der Waals surface area contributed by atoms with Gasteiger partial charge in [0.2, 0.25) is 5.91 Å². The zero-order valence-electron chi connectivity index (χ0n) is 11.5. The Balaban J connectivity index is 1.78. The Labute approximate surface area is 117 Å². The maximum Gasteiger partial charge on any atom is 0.230 e. The molecule has 3 rings (SSSR count). The third-order valence-electron chi connectivity index (χ3n) is 4.06. The summed E-state index contributed by atoms with van der Waals surface area (Å²) >= 11 is 0. The van der Waals surface area contributed by atoms with Gasteiger partial charge in [0.05, 0.1) is 0 Å². The Morgan fingerprint density at radius 2 is 2.15 bits per heavy atom. The maximum atomic E-state index is 12.4. The molecule has 1 heterocycles. The Morgan fingerprint density at radius 3 is 2.85 bits per heavy atom. The summed E-state index contributed by atoms with van der Waals surface area (Å²) < 4.78 is 0. The largest absolute Gasteiger partial charge is 0.326 e. The quantitative estimate of drug-likeness (QED) is 0.900. The topological polar surface area (TPSA) is 70.7 Å². The van der Waals surface area contributed by atoms with Gasteiger partial charge in [0.25, 0.3) is 0 Å². The van der Waals surface area contributed by atoms with Gasteiger partial charge in [-0.2, -0.15) is 5.10 Å². The number of rotatable bonds is 3. The van der Waals surface area contributed by atoms with Crippen molar-refractivity contribution < 1.29 is 4.79 Å². The van der Waals surface area contributed by atoms with Gasteiger partial charge in [0.1, 0.15) is 6.33 Å². The zero-order chi connectivity index (χ0) is 14.0. The summed E-state index contributed by atoms with van der Waals surface area (Å²) in [5.41, 5.74) is 1.50. The van der Waals surface area contributed by atoms with Crippen molar-refractivity contribution in [1.82, 2.24) is 15.2 Å². The lowest BCUT2D eigenvalue weighted by atomic mass is 9.88. The number of carbonyl (C=O) groups excluding carboxylic acids is 1. The van der Waals surface area contributed by atoms with E-state index < -0.39 is 0 Å². The van der Waals surface area contributed by atoms with E-state index in [1.807, 2.05) is 24.3 Å². The lowest BCUT2D eigenvalue weighted by molar-refractivity contribution is -0.124. The minimum Gasteiger partial charge on any atom is -0.326 e. The highest BCUT2D eigenvalue weighted by Crippen LogP contribution is 2.38. The average Bonchev–Trinajstić information content (AvgIpc) is 3.11. The van der Waals surface area contributed by atoms with Gasteiger partial charge in [-0.25, -0.2) is 4.98 Å². The Bertz CT molecular complexity index is 600. The molecule has 5 nitrogen and oxygen atoms in total. The molecular formula is C15H18N4O. The van der Waals surface area contributed by atoms with Crippen LogP contribution in [0.5, 0.6) is 0 Å². The molecule has 1 aromatic carbocycles. The first kappa shape index (κ1) is 12.8. The van der Waals surface area contributed by atoms with Crippen LogP contribution >= 0.6 is 0 Å². The third-order valence-corrected chi connectivity index (χ3v) is 4.06. The van der Waals surface area contributed by atoms with Crippen LogP contribution in [-0.2, 0) is 4.79 Å². The number of aromatic amines is 1. The standard InChI is InChI=1S/C15H18N4O/c1-15(7-2-3-8-15)14(20)18-12-6-4-5-11(9-12)13-16-10-17-19-13/h4-6,9-10H,2-3,7-8H2,1H3,(H,18,20)(H,16,17,19). The van der Waals surface area contributed by atoms with Crippen molar-refractivity contribution >= 4 is 11.6 Å². The Kier molecular flexibility index (Phi) is 3.26. The summed E-state index contributed by atoms with van der Waals surface area (Å²) in [6, 6.07) is 7.66. The molecule has 0 unspecified atom stereocenters. The van der Waals surface area contributed by atoms with Gasteiger partial charge < -0.3 is 5.32 Å². The van der Waals surface area contributed by atoms with Crippen LogP contribution in [0, 0.1) is 5.41 Å². The predicted molar refractivity (Wildman–Crippen MR) is 77.0 cm³/mol. The average molecular weight is 270 g/mol. The molecule has 1 aromatic heterocycles. The third kappa shape index (κ3) is 2.43. The van der Waals surface area contributed by atoms with Crippen molar-refractivity contribution in [2.45, 2.75) is 32.6 Å². The van der Waals surface area contributed by atoms with Gasteiger partial charge in [-0.1, -0.05) is 31.9 Å². The van der Waals surface area contributed by atoms with E-state index >= 15 is 0 Å². The van der Waals surface area contributed by atoms with Crippen LogP contribution in [0.2, 0.25) is 0 Å². The van der Waals surface area contributed by atoms with Gasteiger partial charge in [-0.3, -0.25) is 9.89 Å². The van der Waals surface area contributed by atoms with Crippen LogP contribution < -0.4 is 5.32 Å². The molecule has 0 bridgehead atoms. The fourth-order valence-electron chi connectivity index (χ4n) is 2.75. The zero-order valence-corrected chi connectivity index (χ0v) is 11.5. The van der Waals surface area contributed by atoms with Crippen molar-refractivity contribution in [2.75, 3.05) is 5.32 Å². The molecule has 0 spiro atoms. The highest BCUT2D eigenvalue weighted by atomic mass is 16.2. The Hall–Kier alpha value is -2.17. The number of hydrogen-bond donors (Lipinski definition) is 2. The number of H-pyrrole nitrogens is 1. The minimum absolute atomic E-state index is 0.115. The van der Waals surface area contributed by atoms with Crippen molar-refractivity contribution in [3.63, 3.8) is 0 Å². The fraction of sp³-hybridized carbons (Fsp3) is 0.400. The molecule has 1 amide bonds. The molecule has 5 heteroatoms. The summed E-state index contributed by atoms with van der Waals surface area (Å²) in [4.78, 5) is 16.5. The summed E-state index contributed by atoms with van der Waals surface area (Å²) in [7, 11) is 0. The molecule has 1 aliphatic rings. The van der Waals surface area contributed by atoms with Gasteiger partial charge in [0, 0.05) is 16.7 Å². The van der Waals surface area contributed by atoms with Crippen molar-refractivity contribution in [1.29, 1.82) is 0 Å². The number of nitrogens with one attached hydrogen (secondary N) is 2. The van der Waals surface area contributed by atoms with E-state index in [9.17, 15) is 4.79 Å². The molecule has 2 N–H and O–H groups in total. The SMILES string of the molecule is CC1(C(=O)Nc2cccc(-c3ncn[nH]3)c2)CCCC1. The van der Waals surface area contributed by atoms with E-state index in [0.29, 0.717) is 5.82 Å². The van der Waals surface area contributed by atoms with Crippen LogP contribution in [0.3, 0.4) is 0 Å². The van der Waals surface area contributed by atoms with E-state index in [-0.39, 0.29) is 11.3 Å². The van der Waals surface area contributed by atoms with Crippen molar-refractivity contribution in [3.8, 4) is 11.4 Å². The summed E-state index contributed by atoms with van der Waals surface area (Å²) in [5, 5.41) is 9.69. The molecule has 1 saturated carbocycles. The molecular weight excluding hydrogens is 252 g/mol. The number of nitrogens with zero attached hydrogens (tertiary/aromatic N) is 2. The fourth-order valence-corrected chi connectivity index (χ4v) is 2.75. The van der Waals surface area contributed by atoms with Gasteiger partial charge in [0.15, 0.2) is 5.82 Å². The second-order valence-electron chi connectivity index (χ2n) is 5.64. The first-order chi connectivity index (χ1) is 9.67. The molecule has 1 fully saturated rings. The van der Waals surface area contributed by atoms with E-state index in [4.69, 9.17) is 0 Å². The number of carbonyl (C=O) groups is 1. The maximum absolute atomic E-state index is 12.4. The van der Waals surface area contributed by atoms with Crippen LogP contribution in [0.25, 0.3) is 11.4 Å². The van der Waals surface area contributed by atoms with Gasteiger partial charge in [-0.15, -0.1) is 0 Å². The van der Waals surface area contributed by atoms with Gasteiger partial charge in [-0.05, 0) is 25.0 Å². The summed E-state index contributed by atoms with van der Waals surface area (Å²) in [5.74, 6) is 0.817. The summed E-state index contributed by atoms with van der Waals surface area (Å²) in [6.07, 6.45) is 5.70. The Morgan fingerprint density at radius 1 is 1.35 bits per heavy atom. The lowest BCUT2D eigenvalue weighted by Gasteiger charge is -2.22. The van der Waals surface area contributed by atoms with Gasteiger partial charge >= 0.3 is 0 Å². The van der Waals surface area contributed by atoms with E-state index in [1.54, 1.807) is 0 Å². The van der Waals surface area contributed by atoms with Crippen LogP contribution in [-0.4, -0.2) is 21.1 Å². The molecule has 0 aliphatic heterocycles. The molecule has 20 heavy (non-hydrogen) atoms. The number of anilines is 1. The second kappa shape index (κ2) is 5.07. The number of aromatic nitrogens is 3. The normalized spacial score (nSPS) is 17.1. The first-order valence-corrected chi connectivity index (χ1v) is 6.95. The molecule has 104 valence electrons. The van der Waals surface area contributed by atoms with Crippen molar-refractivity contribution in [3.05, 3.63) is 30.6 Å². The molecule has 2 aromatic rings. The number of benzene rings is 1. The second-order valence-corrected chi connectivity index (χ2v) is 5.64. The highest BCUT2D eigenvalue weighted by Gasteiger charge is 2.36. The smallest absolute Gasteiger partial charge is 0.230 e. The van der Waals surface area contributed by atoms with Crippen LogP contribution in [0.1, 0.15) is 32.6 Å². The van der Waals surface area contributed by atoms with E-state index in [2.05, 4.69) is 27.4 Å². The molecule has 0 radical (unpaired) electrons. The van der Waals surface area contributed by atoms with Crippen LogP contribution in [0.4, 0.5) is 5.69 Å². The molecule has 1 aliphatic carbocycles. The van der Waals surface area contributed by atoms with E-state index in [0.717, 1.165) is 36.9 Å². The number of hydrogen-bond acceptors (Lipinski definition) is 3. The first-order valence-electron chi connectivity index (χ1n) is 6.95. The number of amides is 1. The van der Waals surface area contributed by atoms with E-state index in [1.165, 1.54) is 6.33 Å². The van der Waals surface area contributed by atoms with Crippen molar-refractivity contribution in [2.24, 2.45) is 5.41 Å². The minimum atomic E-state index is -0.220. The predicted octanol–water partition coefficient (Wildman–Crippen LogP) is 2.99.